The Bertz CT molecular complexity index is 437. The summed E-state index contributed by atoms with van der Waals surface area (Å²) in [6.07, 6.45) is 9.82. The van der Waals surface area contributed by atoms with Gasteiger partial charge in [0.05, 0.1) is 0 Å². The van der Waals surface area contributed by atoms with Gasteiger partial charge in [0.25, 0.3) is 0 Å². The maximum atomic E-state index is 3.85. The zero-order chi connectivity index (χ0) is 12.0. The average Bonchev–Trinajstić information content (AvgIpc) is 3.07. The lowest BCUT2D eigenvalue weighted by molar-refractivity contribution is 0.334. The van der Waals surface area contributed by atoms with Crippen LogP contribution < -0.4 is 5.32 Å². The van der Waals surface area contributed by atoms with Gasteiger partial charge in [0.15, 0.2) is 0 Å². The third-order valence-corrected chi connectivity index (χ3v) is 5.44. The summed E-state index contributed by atoms with van der Waals surface area (Å²) >= 11 is 0. The van der Waals surface area contributed by atoms with E-state index in [-0.39, 0.29) is 0 Å². The molecule has 0 spiro atoms. The van der Waals surface area contributed by atoms with Crippen LogP contribution in [0.3, 0.4) is 0 Å². The fourth-order valence-electron chi connectivity index (χ4n) is 3.99. The normalized spacial score (nSPS) is 32.4. The Labute approximate surface area is 110 Å². The number of hydrogen-bond acceptors (Lipinski definition) is 1. The molecule has 0 aromatic heterocycles. The smallest absolute Gasteiger partial charge is 0.0463 e. The molecule has 96 valence electrons. The molecule has 3 aliphatic rings. The van der Waals surface area contributed by atoms with E-state index in [4.69, 9.17) is 0 Å². The van der Waals surface area contributed by atoms with E-state index in [1.807, 2.05) is 0 Å². The highest BCUT2D eigenvalue weighted by atomic mass is 15.0. The van der Waals surface area contributed by atoms with Crippen LogP contribution in [0.5, 0.6) is 0 Å². The lowest BCUT2D eigenvalue weighted by Crippen LogP contribution is -2.39. The first kappa shape index (κ1) is 11.0. The lowest BCUT2D eigenvalue weighted by Gasteiger charge is -2.33. The van der Waals surface area contributed by atoms with Crippen molar-refractivity contribution in [1.82, 2.24) is 5.32 Å². The second-order valence-corrected chi connectivity index (χ2v) is 6.53. The van der Waals surface area contributed by atoms with Gasteiger partial charge in [0.2, 0.25) is 0 Å². The van der Waals surface area contributed by atoms with Gasteiger partial charge in [-0.2, -0.15) is 0 Å². The second kappa shape index (κ2) is 4.09. The van der Waals surface area contributed by atoms with E-state index >= 15 is 0 Å². The first-order chi connectivity index (χ1) is 8.88. The summed E-state index contributed by atoms with van der Waals surface area (Å²) in [5.41, 5.74) is 3.54. The molecule has 2 saturated carbocycles. The molecule has 1 aliphatic heterocycles. The summed E-state index contributed by atoms with van der Waals surface area (Å²) in [6, 6.07) is 9.55. The molecule has 0 amide bonds. The molecule has 4 rings (SSSR count). The van der Waals surface area contributed by atoms with Crippen LogP contribution in [0.4, 0.5) is 0 Å². The number of benzene rings is 1. The Morgan fingerprint density at radius 1 is 1.06 bits per heavy atom. The van der Waals surface area contributed by atoms with E-state index in [1.54, 1.807) is 11.1 Å². The van der Waals surface area contributed by atoms with Gasteiger partial charge in [-0.05, 0) is 68.0 Å². The van der Waals surface area contributed by atoms with Crippen molar-refractivity contribution in [3.05, 3.63) is 35.4 Å². The zero-order valence-corrected chi connectivity index (χ0v) is 11.1. The third-order valence-electron chi connectivity index (χ3n) is 5.44. The van der Waals surface area contributed by atoms with Crippen molar-refractivity contribution in [3.63, 3.8) is 0 Å². The molecule has 1 atom stereocenters. The summed E-state index contributed by atoms with van der Waals surface area (Å²) in [5, 5.41) is 3.85. The molecule has 1 aromatic carbocycles. The minimum atomic E-state index is 0.347. The minimum absolute atomic E-state index is 0.347. The van der Waals surface area contributed by atoms with Gasteiger partial charge < -0.3 is 5.32 Å². The predicted octanol–water partition coefficient (Wildman–Crippen LogP) is 3.94. The summed E-state index contributed by atoms with van der Waals surface area (Å²) in [4.78, 5) is 0. The van der Waals surface area contributed by atoms with Crippen molar-refractivity contribution >= 4 is 0 Å². The quantitative estimate of drug-likeness (QED) is 0.845. The molecule has 1 N–H and O–H groups in total. The summed E-state index contributed by atoms with van der Waals surface area (Å²) in [7, 11) is 0. The Morgan fingerprint density at radius 2 is 1.94 bits per heavy atom. The average molecular weight is 241 g/mol. The predicted molar refractivity (Wildman–Crippen MR) is 74.7 cm³/mol. The zero-order valence-electron chi connectivity index (χ0n) is 11.1. The summed E-state index contributed by atoms with van der Waals surface area (Å²) < 4.78 is 0. The van der Waals surface area contributed by atoms with Crippen LogP contribution >= 0.6 is 0 Å². The van der Waals surface area contributed by atoms with Gasteiger partial charge >= 0.3 is 0 Å². The maximum absolute atomic E-state index is 3.85. The molecule has 0 radical (unpaired) electrons. The van der Waals surface area contributed by atoms with Crippen molar-refractivity contribution in [2.24, 2.45) is 5.92 Å². The number of hydrogen-bond donors (Lipinski definition) is 1. The Morgan fingerprint density at radius 3 is 2.56 bits per heavy atom. The van der Waals surface area contributed by atoms with E-state index in [1.165, 1.54) is 51.5 Å². The molecule has 1 aromatic rings. The van der Waals surface area contributed by atoms with Crippen molar-refractivity contribution in [2.75, 3.05) is 6.54 Å². The molecule has 1 nitrogen and oxygen atoms in total. The topological polar surface area (TPSA) is 12.0 Å². The molecule has 18 heavy (non-hydrogen) atoms. The van der Waals surface area contributed by atoms with E-state index < -0.39 is 0 Å². The van der Waals surface area contributed by atoms with Crippen LogP contribution in [0, 0.1) is 5.92 Å². The highest BCUT2D eigenvalue weighted by Gasteiger charge is 2.47. The molecule has 2 aliphatic carbocycles. The molecule has 1 heterocycles. The number of nitrogens with one attached hydrogen (secondary N) is 1. The Balaban J connectivity index is 1.69. The minimum Gasteiger partial charge on any atom is -0.307 e. The van der Waals surface area contributed by atoms with E-state index in [0.717, 1.165) is 11.8 Å². The first-order valence-electron chi connectivity index (χ1n) is 7.74. The maximum Gasteiger partial charge on any atom is 0.0463 e. The molecular formula is C17H23N. The molecule has 1 unspecified atom stereocenters. The van der Waals surface area contributed by atoms with Gasteiger partial charge in [-0.15, -0.1) is 0 Å². The fraction of sp³-hybridized carbons (Fsp3) is 0.647. The van der Waals surface area contributed by atoms with Crippen LogP contribution in [-0.2, 0) is 5.54 Å². The van der Waals surface area contributed by atoms with Crippen molar-refractivity contribution in [3.8, 4) is 0 Å². The van der Waals surface area contributed by atoms with Gasteiger partial charge in [-0.1, -0.05) is 30.7 Å². The van der Waals surface area contributed by atoms with Gasteiger partial charge in [0.1, 0.15) is 0 Å². The monoisotopic (exact) mass is 241 g/mol. The van der Waals surface area contributed by atoms with Gasteiger partial charge in [-0.3, -0.25) is 0 Å². The van der Waals surface area contributed by atoms with E-state index in [9.17, 15) is 0 Å². The Kier molecular flexibility index (Phi) is 2.51. The van der Waals surface area contributed by atoms with Crippen molar-refractivity contribution in [1.29, 1.82) is 0 Å². The molecule has 0 bridgehead atoms. The van der Waals surface area contributed by atoms with E-state index in [2.05, 4.69) is 29.6 Å². The lowest BCUT2D eigenvalue weighted by atomic mass is 9.77. The largest absolute Gasteiger partial charge is 0.307 e. The van der Waals surface area contributed by atoms with Crippen molar-refractivity contribution < 1.29 is 0 Å². The van der Waals surface area contributed by atoms with Crippen LogP contribution in [-0.4, -0.2) is 6.54 Å². The summed E-state index contributed by atoms with van der Waals surface area (Å²) in [5.74, 6) is 1.78. The van der Waals surface area contributed by atoms with Gasteiger partial charge in [0, 0.05) is 5.54 Å². The molecule has 3 fully saturated rings. The summed E-state index contributed by atoms with van der Waals surface area (Å²) in [6.45, 7) is 1.21. The Hall–Kier alpha value is -0.820. The number of rotatable bonds is 3. The van der Waals surface area contributed by atoms with Crippen LogP contribution in [0.1, 0.15) is 62.0 Å². The SMILES string of the molecule is c1cc(C2CCC2)cc(C2(C3CC3)CCCN2)c1. The standard InChI is InChI=1S/C17H23N/c1-4-13(5-1)14-6-2-7-16(12-14)17(15-8-9-15)10-3-11-18-17/h2,6-7,12-13,15,18H,1,3-5,8-11H2. The highest BCUT2D eigenvalue weighted by molar-refractivity contribution is 5.35. The highest BCUT2D eigenvalue weighted by Crippen LogP contribution is 2.50. The molecule has 1 heteroatoms. The van der Waals surface area contributed by atoms with Gasteiger partial charge in [-0.25, -0.2) is 0 Å². The van der Waals surface area contributed by atoms with Crippen LogP contribution in [0.25, 0.3) is 0 Å². The fourth-order valence-corrected chi connectivity index (χ4v) is 3.99. The third kappa shape index (κ3) is 1.64. The molecular weight excluding hydrogens is 218 g/mol. The van der Waals surface area contributed by atoms with Crippen molar-refractivity contribution in [2.45, 2.75) is 56.4 Å². The molecule has 1 saturated heterocycles. The second-order valence-electron chi connectivity index (χ2n) is 6.53. The van der Waals surface area contributed by atoms with E-state index in [0.29, 0.717) is 5.54 Å². The van der Waals surface area contributed by atoms with Crippen LogP contribution in [0.15, 0.2) is 24.3 Å². The van der Waals surface area contributed by atoms with Crippen LogP contribution in [0.2, 0.25) is 0 Å². The first-order valence-corrected chi connectivity index (χ1v) is 7.74.